The highest BCUT2D eigenvalue weighted by Crippen LogP contribution is 2.33. The molecule has 0 bridgehead atoms. The third kappa shape index (κ3) is 4.03. The molecule has 4 rings (SSSR count). The molecule has 0 N–H and O–H groups in total. The van der Waals surface area contributed by atoms with E-state index >= 15 is 0 Å². The second kappa shape index (κ2) is 7.76. The van der Waals surface area contributed by atoms with Crippen molar-refractivity contribution >= 4 is 23.2 Å². The molecule has 0 aromatic carbocycles. The Hall–Kier alpha value is -2.28. The molecule has 7 heteroatoms. The van der Waals surface area contributed by atoms with Gasteiger partial charge in [0.2, 0.25) is 11.8 Å². The van der Waals surface area contributed by atoms with Crippen LogP contribution >= 0.6 is 11.3 Å². The average Bonchev–Trinajstić information content (AvgIpc) is 3.06. The zero-order valence-electron chi connectivity index (χ0n) is 15.5. The van der Waals surface area contributed by atoms with Gasteiger partial charge in [-0.3, -0.25) is 14.6 Å². The number of pyridine rings is 1. The molecule has 2 amide bonds. The molecular formula is C20H24N4O2S. The van der Waals surface area contributed by atoms with Crippen molar-refractivity contribution in [3.8, 4) is 0 Å². The Morgan fingerprint density at radius 1 is 1.30 bits per heavy atom. The summed E-state index contributed by atoms with van der Waals surface area (Å²) in [5, 5.41) is 2.96. The summed E-state index contributed by atoms with van der Waals surface area (Å²) in [6, 6.07) is 4.20. The Kier molecular flexibility index (Phi) is 5.20. The number of rotatable bonds is 5. The summed E-state index contributed by atoms with van der Waals surface area (Å²) >= 11 is 1.58. The first kappa shape index (κ1) is 18.1. The van der Waals surface area contributed by atoms with Gasteiger partial charge in [0.25, 0.3) is 0 Å². The molecule has 142 valence electrons. The van der Waals surface area contributed by atoms with Crippen LogP contribution in [0.25, 0.3) is 0 Å². The Balaban J connectivity index is 1.25. The van der Waals surface area contributed by atoms with Crippen molar-refractivity contribution in [3.63, 3.8) is 0 Å². The maximum atomic E-state index is 12.5. The highest BCUT2D eigenvalue weighted by molar-refractivity contribution is 7.09. The average molecular weight is 385 g/mol. The number of hydrogen-bond donors (Lipinski definition) is 0. The topological polar surface area (TPSA) is 66.4 Å². The highest BCUT2D eigenvalue weighted by Gasteiger charge is 2.45. The van der Waals surface area contributed by atoms with Crippen LogP contribution in [0.15, 0.2) is 29.9 Å². The molecule has 2 fully saturated rings. The normalized spacial score (nSPS) is 21.5. The molecule has 2 aromatic rings. The Bertz CT molecular complexity index is 822. The van der Waals surface area contributed by atoms with Gasteiger partial charge in [0.05, 0.1) is 17.1 Å². The lowest BCUT2D eigenvalue weighted by atomic mass is 9.82. The number of hydrogen-bond acceptors (Lipinski definition) is 5. The molecule has 27 heavy (non-hydrogen) atoms. The number of aryl methyl sites for hydroxylation is 2. The van der Waals surface area contributed by atoms with E-state index in [0.717, 1.165) is 48.7 Å². The fraction of sp³-hybridized carbons (Fsp3) is 0.500. The lowest BCUT2D eigenvalue weighted by Gasteiger charge is -2.53. The van der Waals surface area contributed by atoms with Gasteiger partial charge in [-0.1, -0.05) is 6.07 Å². The lowest BCUT2D eigenvalue weighted by Crippen LogP contribution is -2.65. The van der Waals surface area contributed by atoms with Gasteiger partial charge < -0.3 is 9.80 Å². The van der Waals surface area contributed by atoms with E-state index in [4.69, 9.17) is 0 Å². The molecule has 2 aliphatic rings. The Morgan fingerprint density at radius 3 is 2.89 bits per heavy atom. The van der Waals surface area contributed by atoms with E-state index in [-0.39, 0.29) is 11.8 Å². The number of piperidine rings is 1. The van der Waals surface area contributed by atoms with Crippen molar-refractivity contribution < 1.29 is 9.59 Å². The molecule has 0 saturated carbocycles. The standard InChI is InChI=1S/C20H24N4O2S/c1-14-22-17(13-27-14)9-20(26)24-12-16-11-23(8-6-18(16)24)19(25)5-4-15-3-2-7-21-10-15/h2-3,7,10,13,16,18H,4-6,8-9,11-12H2,1H3/t16-,18-/m0/s1. The van der Waals surface area contributed by atoms with E-state index in [2.05, 4.69) is 9.97 Å². The SMILES string of the molecule is Cc1nc(CC(=O)N2C[C@@H]3CN(C(=O)CCc4cccnc4)CC[C@@H]32)cs1. The van der Waals surface area contributed by atoms with Crippen molar-refractivity contribution in [2.24, 2.45) is 5.92 Å². The van der Waals surface area contributed by atoms with Crippen LogP contribution in [0.2, 0.25) is 0 Å². The van der Waals surface area contributed by atoms with Crippen LogP contribution in [0.1, 0.15) is 29.1 Å². The number of aromatic nitrogens is 2. The molecule has 2 aliphatic heterocycles. The molecule has 6 nitrogen and oxygen atoms in total. The van der Waals surface area contributed by atoms with Crippen LogP contribution in [0.4, 0.5) is 0 Å². The maximum absolute atomic E-state index is 12.5. The first-order chi connectivity index (χ1) is 13.1. The van der Waals surface area contributed by atoms with E-state index in [1.807, 2.05) is 40.4 Å². The van der Waals surface area contributed by atoms with E-state index in [9.17, 15) is 9.59 Å². The number of fused-ring (bicyclic) bond motifs is 1. The second-order valence-corrected chi connectivity index (χ2v) is 8.46. The van der Waals surface area contributed by atoms with Gasteiger partial charge in [-0.25, -0.2) is 4.98 Å². The minimum absolute atomic E-state index is 0.165. The minimum Gasteiger partial charge on any atom is -0.342 e. The third-order valence-electron chi connectivity index (χ3n) is 5.55. The summed E-state index contributed by atoms with van der Waals surface area (Å²) in [5.74, 6) is 0.792. The van der Waals surface area contributed by atoms with Crippen molar-refractivity contribution in [3.05, 3.63) is 46.2 Å². The maximum Gasteiger partial charge on any atom is 0.228 e. The van der Waals surface area contributed by atoms with Gasteiger partial charge in [0.1, 0.15) is 0 Å². The molecule has 4 heterocycles. The van der Waals surface area contributed by atoms with E-state index in [1.54, 1.807) is 17.5 Å². The van der Waals surface area contributed by atoms with Gasteiger partial charge in [0.15, 0.2) is 0 Å². The molecule has 0 aliphatic carbocycles. The number of amides is 2. The van der Waals surface area contributed by atoms with E-state index in [1.165, 1.54) is 0 Å². The fourth-order valence-corrected chi connectivity index (χ4v) is 4.69. The zero-order chi connectivity index (χ0) is 18.8. The Morgan fingerprint density at radius 2 is 2.19 bits per heavy atom. The van der Waals surface area contributed by atoms with E-state index in [0.29, 0.717) is 24.8 Å². The van der Waals surface area contributed by atoms with Crippen molar-refractivity contribution in [2.45, 2.75) is 38.6 Å². The number of carbonyl (C=O) groups is 2. The quantitative estimate of drug-likeness (QED) is 0.792. The van der Waals surface area contributed by atoms with Crippen LogP contribution in [-0.2, 0) is 22.4 Å². The monoisotopic (exact) mass is 384 g/mol. The smallest absolute Gasteiger partial charge is 0.228 e. The van der Waals surface area contributed by atoms with Gasteiger partial charge in [-0.2, -0.15) is 0 Å². The first-order valence-electron chi connectivity index (χ1n) is 9.47. The molecule has 2 saturated heterocycles. The Labute approximate surface area is 163 Å². The van der Waals surface area contributed by atoms with Gasteiger partial charge in [-0.05, 0) is 31.4 Å². The van der Waals surface area contributed by atoms with Gasteiger partial charge in [0, 0.05) is 55.8 Å². The van der Waals surface area contributed by atoms with Crippen LogP contribution < -0.4 is 0 Å². The van der Waals surface area contributed by atoms with Gasteiger partial charge in [-0.15, -0.1) is 11.3 Å². The number of nitrogens with zero attached hydrogens (tertiary/aromatic N) is 4. The summed E-state index contributed by atoms with van der Waals surface area (Å²) in [5.41, 5.74) is 1.97. The van der Waals surface area contributed by atoms with Crippen molar-refractivity contribution in [2.75, 3.05) is 19.6 Å². The summed E-state index contributed by atoms with van der Waals surface area (Å²) in [7, 11) is 0. The molecule has 2 atom stereocenters. The summed E-state index contributed by atoms with van der Waals surface area (Å²) in [4.78, 5) is 37.5. The number of thiazole rings is 1. The van der Waals surface area contributed by atoms with Crippen LogP contribution in [-0.4, -0.2) is 57.3 Å². The van der Waals surface area contributed by atoms with Crippen LogP contribution in [0.5, 0.6) is 0 Å². The van der Waals surface area contributed by atoms with Gasteiger partial charge >= 0.3 is 0 Å². The summed E-state index contributed by atoms with van der Waals surface area (Å²) in [6.45, 7) is 4.24. The molecule has 2 aromatic heterocycles. The zero-order valence-corrected chi connectivity index (χ0v) is 16.3. The molecule has 0 spiro atoms. The van der Waals surface area contributed by atoms with Crippen molar-refractivity contribution in [1.29, 1.82) is 0 Å². The predicted molar refractivity (Wildman–Crippen MR) is 103 cm³/mol. The first-order valence-corrected chi connectivity index (χ1v) is 10.4. The third-order valence-corrected chi connectivity index (χ3v) is 6.37. The van der Waals surface area contributed by atoms with Crippen LogP contribution in [0, 0.1) is 12.8 Å². The minimum atomic E-state index is 0.165. The van der Waals surface area contributed by atoms with E-state index < -0.39 is 0 Å². The highest BCUT2D eigenvalue weighted by atomic mass is 32.1. The number of likely N-dealkylation sites (tertiary alicyclic amines) is 2. The lowest BCUT2D eigenvalue weighted by molar-refractivity contribution is -0.151. The molecule has 0 unspecified atom stereocenters. The largest absolute Gasteiger partial charge is 0.342 e. The summed E-state index contributed by atoms with van der Waals surface area (Å²) < 4.78 is 0. The van der Waals surface area contributed by atoms with Crippen molar-refractivity contribution in [1.82, 2.24) is 19.8 Å². The second-order valence-electron chi connectivity index (χ2n) is 7.40. The molecule has 0 radical (unpaired) electrons. The fourth-order valence-electron chi connectivity index (χ4n) is 4.07. The summed E-state index contributed by atoms with van der Waals surface area (Å²) in [6.07, 6.45) is 6.09. The predicted octanol–water partition coefficient (Wildman–Crippen LogP) is 2.08. The van der Waals surface area contributed by atoms with Crippen LogP contribution in [0.3, 0.4) is 0 Å². The number of carbonyl (C=O) groups excluding carboxylic acids is 2. The molecular weight excluding hydrogens is 360 g/mol.